The van der Waals surface area contributed by atoms with Crippen LogP contribution in [0.2, 0.25) is 0 Å². The number of aliphatic hydroxyl groups excluding tert-OH is 1. The Labute approximate surface area is 104 Å². The Morgan fingerprint density at radius 1 is 0.882 bits per heavy atom. The lowest BCUT2D eigenvalue weighted by Gasteiger charge is -2.14. The molecule has 1 aliphatic rings. The molecule has 2 heteroatoms. The van der Waals surface area contributed by atoms with Gasteiger partial charge in [0.15, 0.2) is 0 Å². The van der Waals surface area contributed by atoms with Crippen LogP contribution in [0.4, 0.5) is 0 Å². The van der Waals surface area contributed by atoms with Crippen LogP contribution in [0.5, 0.6) is 0 Å². The van der Waals surface area contributed by atoms with Crippen molar-refractivity contribution in [3.8, 4) is 0 Å². The van der Waals surface area contributed by atoms with Crippen molar-refractivity contribution in [3.05, 3.63) is 35.4 Å². The summed E-state index contributed by atoms with van der Waals surface area (Å²) >= 11 is 0. The zero-order chi connectivity index (χ0) is 11.9. The van der Waals surface area contributed by atoms with Crippen molar-refractivity contribution >= 4 is 0 Å². The molecule has 0 radical (unpaired) electrons. The number of benzene rings is 1. The zero-order valence-corrected chi connectivity index (χ0v) is 10.6. The molecule has 0 bridgehead atoms. The fraction of sp³-hybridized carbons (Fsp3) is 0.600. The van der Waals surface area contributed by atoms with E-state index in [1.54, 1.807) is 0 Å². The largest absolute Gasteiger partial charge is 0.396 e. The lowest BCUT2D eigenvalue weighted by molar-refractivity contribution is 0.269. The zero-order valence-electron chi connectivity index (χ0n) is 10.6. The van der Waals surface area contributed by atoms with Crippen molar-refractivity contribution in [1.29, 1.82) is 0 Å². The molecule has 2 rings (SSSR count). The summed E-state index contributed by atoms with van der Waals surface area (Å²) in [6, 6.07) is 8.77. The Bertz CT molecular complexity index is 312. The lowest BCUT2D eigenvalue weighted by Crippen LogP contribution is -2.17. The SMILES string of the molecule is OCCCCCCCN1Cc2ccccc2C1. The molecule has 0 spiro atoms. The molecular formula is C15H23NO. The maximum absolute atomic E-state index is 8.69. The third kappa shape index (κ3) is 3.83. The third-order valence-electron chi connectivity index (χ3n) is 3.54. The molecule has 0 fully saturated rings. The van der Waals surface area contributed by atoms with Gasteiger partial charge < -0.3 is 5.11 Å². The van der Waals surface area contributed by atoms with E-state index in [9.17, 15) is 0 Å². The fourth-order valence-electron chi connectivity index (χ4n) is 2.54. The number of aliphatic hydroxyl groups is 1. The number of nitrogens with zero attached hydrogens (tertiary/aromatic N) is 1. The van der Waals surface area contributed by atoms with Crippen molar-refractivity contribution in [3.63, 3.8) is 0 Å². The van der Waals surface area contributed by atoms with E-state index in [0.717, 1.165) is 19.5 Å². The van der Waals surface area contributed by atoms with Gasteiger partial charge in [-0.2, -0.15) is 0 Å². The second-order valence-electron chi connectivity index (χ2n) is 4.97. The van der Waals surface area contributed by atoms with Crippen LogP contribution < -0.4 is 0 Å². The maximum atomic E-state index is 8.69. The first-order valence-corrected chi connectivity index (χ1v) is 6.80. The van der Waals surface area contributed by atoms with E-state index >= 15 is 0 Å². The molecule has 94 valence electrons. The van der Waals surface area contributed by atoms with Crippen molar-refractivity contribution in [2.24, 2.45) is 0 Å². The summed E-state index contributed by atoms with van der Waals surface area (Å²) in [5, 5.41) is 8.69. The van der Waals surface area contributed by atoms with E-state index in [1.165, 1.54) is 43.4 Å². The van der Waals surface area contributed by atoms with Gasteiger partial charge in [-0.1, -0.05) is 43.5 Å². The highest BCUT2D eigenvalue weighted by molar-refractivity contribution is 5.30. The van der Waals surface area contributed by atoms with Crippen LogP contribution in [0.25, 0.3) is 0 Å². The summed E-state index contributed by atoms with van der Waals surface area (Å²) < 4.78 is 0. The van der Waals surface area contributed by atoms with E-state index in [4.69, 9.17) is 5.11 Å². The Morgan fingerprint density at radius 2 is 1.47 bits per heavy atom. The van der Waals surface area contributed by atoms with E-state index in [0.29, 0.717) is 6.61 Å². The van der Waals surface area contributed by atoms with Crippen molar-refractivity contribution in [2.75, 3.05) is 13.2 Å². The summed E-state index contributed by atoms with van der Waals surface area (Å²) in [6.45, 7) is 3.83. The van der Waals surface area contributed by atoms with Crippen LogP contribution >= 0.6 is 0 Å². The number of hydrogen-bond acceptors (Lipinski definition) is 2. The molecule has 0 aliphatic carbocycles. The van der Waals surface area contributed by atoms with Gasteiger partial charge in [-0.25, -0.2) is 0 Å². The molecule has 1 heterocycles. The average Bonchev–Trinajstić information content (AvgIpc) is 2.76. The first-order chi connectivity index (χ1) is 8.40. The second kappa shape index (κ2) is 6.77. The van der Waals surface area contributed by atoms with Gasteiger partial charge in [0.1, 0.15) is 0 Å². The van der Waals surface area contributed by atoms with E-state index < -0.39 is 0 Å². The van der Waals surface area contributed by atoms with Gasteiger partial charge in [0, 0.05) is 19.7 Å². The minimum Gasteiger partial charge on any atom is -0.396 e. The minimum atomic E-state index is 0.349. The molecule has 0 amide bonds. The predicted octanol–water partition coefficient (Wildman–Crippen LogP) is 2.95. The molecule has 0 atom stereocenters. The lowest BCUT2D eigenvalue weighted by atomic mass is 10.1. The molecule has 0 unspecified atom stereocenters. The summed E-state index contributed by atoms with van der Waals surface area (Å²) in [5.41, 5.74) is 3.01. The molecular weight excluding hydrogens is 210 g/mol. The predicted molar refractivity (Wildman–Crippen MR) is 70.7 cm³/mol. The van der Waals surface area contributed by atoms with Gasteiger partial charge in [0.2, 0.25) is 0 Å². The standard InChI is InChI=1S/C15H23NO/c17-11-7-3-1-2-6-10-16-12-14-8-4-5-9-15(14)13-16/h4-5,8-9,17H,1-3,6-7,10-13H2. The third-order valence-corrected chi connectivity index (χ3v) is 3.54. The fourth-order valence-corrected chi connectivity index (χ4v) is 2.54. The number of hydrogen-bond donors (Lipinski definition) is 1. The molecule has 1 aromatic carbocycles. The monoisotopic (exact) mass is 233 g/mol. The molecule has 1 N–H and O–H groups in total. The quantitative estimate of drug-likeness (QED) is 0.732. The number of fused-ring (bicyclic) bond motifs is 1. The average molecular weight is 233 g/mol. The highest BCUT2D eigenvalue weighted by Gasteiger charge is 2.16. The first-order valence-electron chi connectivity index (χ1n) is 6.80. The normalized spacial score (nSPS) is 15.1. The van der Waals surface area contributed by atoms with Crippen LogP contribution in [0.15, 0.2) is 24.3 Å². The maximum Gasteiger partial charge on any atom is 0.0431 e. The van der Waals surface area contributed by atoms with Gasteiger partial charge in [0.25, 0.3) is 0 Å². The van der Waals surface area contributed by atoms with Crippen molar-refractivity contribution in [1.82, 2.24) is 4.90 Å². The molecule has 0 saturated carbocycles. The number of rotatable bonds is 7. The summed E-state index contributed by atoms with van der Waals surface area (Å²) in [7, 11) is 0. The van der Waals surface area contributed by atoms with Crippen LogP contribution in [-0.4, -0.2) is 23.2 Å². The second-order valence-corrected chi connectivity index (χ2v) is 4.97. The van der Waals surface area contributed by atoms with Crippen molar-refractivity contribution in [2.45, 2.75) is 45.2 Å². The molecule has 1 aliphatic heterocycles. The van der Waals surface area contributed by atoms with E-state index in [1.807, 2.05) is 0 Å². The topological polar surface area (TPSA) is 23.5 Å². The summed E-state index contributed by atoms with van der Waals surface area (Å²) in [6.07, 6.45) is 6.00. The Kier molecular flexibility index (Phi) is 5.02. The van der Waals surface area contributed by atoms with Gasteiger partial charge >= 0.3 is 0 Å². The Hall–Kier alpha value is -0.860. The number of unbranched alkanes of at least 4 members (excludes halogenated alkanes) is 4. The molecule has 0 saturated heterocycles. The van der Waals surface area contributed by atoms with E-state index in [2.05, 4.69) is 29.2 Å². The molecule has 2 nitrogen and oxygen atoms in total. The van der Waals surface area contributed by atoms with Gasteiger partial charge in [-0.15, -0.1) is 0 Å². The molecule has 0 aromatic heterocycles. The highest BCUT2D eigenvalue weighted by atomic mass is 16.2. The first kappa shape index (κ1) is 12.6. The van der Waals surface area contributed by atoms with Gasteiger partial charge in [-0.3, -0.25) is 4.90 Å². The molecule has 1 aromatic rings. The van der Waals surface area contributed by atoms with Gasteiger partial charge in [0.05, 0.1) is 0 Å². The van der Waals surface area contributed by atoms with Crippen LogP contribution in [-0.2, 0) is 13.1 Å². The molecule has 17 heavy (non-hydrogen) atoms. The smallest absolute Gasteiger partial charge is 0.0431 e. The highest BCUT2D eigenvalue weighted by Crippen LogP contribution is 2.22. The Morgan fingerprint density at radius 3 is 2.12 bits per heavy atom. The van der Waals surface area contributed by atoms with Crippen LogP contribution in [0.1, 0.15) is 43.2 Å². The van der Waals surface area contributed by atoms with Gasteiger partial charge in [-0.05, 0) is 30.5 Å². The van der Waals surface area contributed by atoms with E-state index in [-0.39, 0.29) is 0 Å². The van der Waals surface area contributed by atoms with Crippen molar-refractivity contribution < 1.29 is 5.11 Å². The Balaban J connectivity index is 1.60. The summed E-state index contributed by atoms with van der Waals surface area (Å²) in [5.74, 6) is 0. The van der Waals surface area contributed by atoms with Crippen LogP contribution in [0, 0.1) is 0 Å². The van der Waals surface area contributed by atoms with Crippen LogP contribution in [0.3, 0.4) is 0 Å². The minimum absolute atomic E-state index is 0.349. The summed E-state index contributed by atoms with van der Waals surface area (Å²) in [4.78, 5) is 2.54.